The maximum Gasteiger partial charge on any atom is 0.472 e. The lowest BCUT2D eigenvalue weighted by atomic mass is 10.1. The monoisotopic (exact) mass is 808 g/mol. The molecular weight excluding hydrogens is 725 g/mol. The van der Waals surface area contributed by atoms with Crippen LogP contribution in [0.1, 0.15) is 181 Å². The van der Waals surface area contributed by atoms with Crippen LogP contribution in [0, 0.1) is 0 Å². The van der Waals surface area contributed by atoms with Gasteiger partial charge in [0.2, 0.25) is 0 Å². The number of phosphoric acid groups is 1. The van der Waals surface area contributed by atoms with Gasteiger partial charge in [0.15, 0.2) is 6.10 Å². The van der Waals surface area contributed by atoms with Crippen molar-refractivity contribution in [2.75, 3.05) is 33.4 Å². The fourth-order valence-electron chi connectivity index (χ4n) is 5.71. The van der Waals surface area contributed by atoms with Crippen molar-refractivity contribution in [1.82, 2.24) is 5.32 Å². The van der Waals surface area contributed by atoms with E-state index in [4.69, 9.17) is 18.5 Å². The van der Waals surface area contributed by atoms with E-state index in [9.17, 15) is 19.0 Å². The summed E-state index contributed by atoms with van der Waals surface area (Å²) in [6.45, 7) is 4.14. The van der Waals surface area contributed by atoms with E-state index in [-0.39, 0.29) is 26.1 Å². The van der Waals surface area contributed by atoms with Crippen LogP contribution in [-0.2, 0) is 32.7 Å². The van der Waals surface area contributed by atoms with E-state index in [1.54, 1.807) is 7.05 Å². The molecule has 2 N–H and O–H groups in total. The number of esters is 2. The van der Waals surface area contributed by atoms with Gasteiger partial charge in [-0.15, -0.1) is 0 Å². The molecule has 0 fully saturated rings. The minimum absolute atomic E-state index is 0.0271. The van der Waals surface area contributed by atoms with Crippen LogP contribution in [0.25, 0.3) is 0 Å². The highest BCUT2D eigenvalue weighted by molar-refractivity contribution is 7.47. The van der Waals surface area contributed by atoms with Crippen LogP contribution >= 0.6 is 7.82 Å². The van der Waals surface area contributed by atoms with Crippen molar-refractivity contribution in [3.8, 4) is 0 Å². The van der Waals surface area contributed by atoms with Gasteiger partial charge in [-0.25, -0.2) is 4.57 Å². The molecule has 10 heteroatoms. The number of carbonyl (C=O) groups excluding carboxylic acids is 2. The molecule has 56 heavy (non-hydrogen) atoms. The molecule has 0 aliphatic heterocycles. The van der Waals surface area contributed by atoms with E-state index in [0.29, 0.717) is 13.0 Å². The lowest BCUT2D eigenvalue weighted by molar-refractivity contribution is -0.161. The van der Waals surface area contributed by atoms with Crippen LogP contribution < -0.4 is 5.32 Å². The molecule has 0 rings (SSSR count). The summed E-state index contributed by atoms with van der Waals surface area (Å²) < 4.78 is 33.2. The van der Waals surface area contributed by atoms with Crippen LogP contribution in [0.5, 0.6) is 0 Å². The van der Waals surface area contributed by atoms with Crippen molar-refractivity contribution in [2.45, 2.75) is 187 Å². The Morgan fingerprint density at radius 1 is 0.554 bits per heavy atom. The largest absolute Gasteiger partial charge is 0.472 e. The zero-order chi connectivity index (χ0) is 41.1. The van der Waals surface area contributed by atoms with Gasteiger partial charge in [-0.1, -0.05) is 145 Å². The van der Waals surface area contributed by atoms with Crippen molar-refractivity contribution in [3.05, 3.63) is 60.8 Å². The molecule has 0 aliphatic rings. The zero-order valence-electron chi connectivity index (χ0n) is 35.8. The van der Waals surface area contributed by atoms with Crippen LogP contribution in [0.2, 0.25) is 0 Å². The number of nitrogens with one attached hydrogen (secondary N) is 1. The second-order valence-corrected chi connectivity index (χ2v) is 16.0. The van der Waals surface area contributed by atoms with E-state index in [1.165, 1.54) is 70.6 Å². The number of hydrogen-bond donors (Lipinski definition) is 2. The summed E-state index contributed by atoms with van der Waals surface area (Å²) in [5.41, 5.74) is 0. The number of phosphoric ester groups is 1. The van der Waals surface area contributed by atoms with Crippen LogP contribution in [0.3, 0.4) is 0 Å². The van der Waals surface area contributed by atoms with Gasteiger partial charge in [0.1, 0.15) is 6.61 Å². The number of likely N-dealkylation sites (N-methyl/N-ethyl adjacent to an activating group) is 1. The first-order valence-corrected chi connectivity index (χ1v) is 23.7. The van der Waals surface area contributed by atoms with Gasteiger partial charge in [-0.3, -0.25) is 18.6 Å². The molecule has 2 unspecified atom stereocenters. The van der Waals surface area contributed by atoms with E-state index >= 15 is 0 Å². The third kappa shape index (κ3) is 41.3. The fraction of sp³-hybridized carbons (Fsp3) is 0.739. The summed E-state index contributed by atoms with van der Waals surface area (Å²) in [6.07, 6.45) is 48.3. The zero-order valence-corrected chi connectivity index (χ0v) is 36.7. The molecule has 0 saturated carbocycles. The first-order valence-electron chi connectivity index (χ1n) is 22.2. The molecule has 0 bridgehead atoms. The summed E-state index contributed by atoms with van der Waals surface area (Å²) in [5.74, 6) is -0.855. The topological polar surface area (TPSA) is 120 Å². The molecule has 0 saturated heterocycles. The molecule has 0 aliphatic carbocycles. The van der Waals surface area contributed by atoms with E-state index in [2.05, 4.69) is 79.9 Å². The Balaban J connectivity index is 4.31. The van der Waals surface area contributed by atoms with Crippen LogP contribution in [0.4, 0.5) is 0 Å². The molecule has 0 aromatic heterocycles. The maximum atomic E-state index is 12.6. The van der Waals surface area contributed by atoms with E-state index in [0.717, 1.165) is 77.0 Å². The standard InChI is InChI=1S/C46H82NO8P/c1-4-6-8-10-12-14-16-18-20-21-22-23-25-27-29-31-33-35-37-39-46(49)55-44(43-54-56(50,51)53-41-40-47-3)42-52-45(48)38-36-34-32-30-28-26-24-19-17-15-13-11-9-7-5-2/h12,14,18-20,22-24,27,29,44,47H,4-11,13,15-17,21,25-26,28,30-43H2,1-3H3,(H,50,51)/b14-12-,20-18-,23-22-,24-19-,29-27-. The molecule has 324 valence electrons. The minimum Gasteiger partial charge on any atom is -0.462 e. The van der Waals surface area contributed by atoms with E-state index < -0.39 is 32.5 Å². The van der Waals surface area contributed by atoms with Gasteiger partial charge in [0.25, 0.3) is 0 Å². The van der Waals surface area contributed by atoms with Crippen molar-refractivity contribution < 1.29 is 37.6 Å². The molecule has 0 spiro atoms. The maximum absolute atomic E-state index is 12.6. The van der Waals surface area contributed by atoms with Crippen molar-refractivity contribution in [1.29, 1.82) is 0 Å². The Hall–Kier alpha value is -2.29. The van der Waals surface area contributed by atoms with Crippen molar-refractivity contribution in [2.24, 2.45) is 0 Å². The highest BCUT2D eigenvalue weighted by Crippen LogP contribution is 2.43. The molecule has 0 amide bonds. The minimum atomic E-state index is -4.36. The van der Waals surface area contributed by atoms with Gasteiger partial charge in [-0.2, -0.15) is 0 Å². The second-order valence-electron chi connectivity index (χ2n) is 14.5. The quantitative estimate of drug-likeness (QED) is 0.0269. The van der Waals surface area contributed by atoms with Gasteiger partial charge >= 0.3 is 19.8 Å². The highest BCUT2D eigenvalue weighted by Gasteiger charge is 2.26. The van der Waals surface area contributed by atoms with Crippen LogP contribution in [-0.4, -0.2) is 56.3 Å². The summed E-state index contributed by atoms with van der Waals surface area (Å²) in [5, 5.41) is 2.82. The van der Waals surface area contributed by atoms with Crippen LogP contribution in [0.15, 0.2) is 60.8 Å². The van der Waals surface area contributed by atoms with Gasteiger partial charge < -0.3 is 19.7 Å². The highest BCUT2D eigenvalue weighted by atomic mass is 31.2. The molecule has 9 nitrogen and oxygen atoms in total. The Morgan fingerprint density at radius 2 is 0.964 bits per heavy atom. The number of carbonyl (C=O) groups is 2. The second kappa shape index (κ2) is 42.3. The lowest BCUT2D eigenvalue weighted by Crippen LogP contribution is -2.29. The summed E-state index contributed by atoms with van der Waals surface area (Å²) >= 11 is 0. The Morgan fingerprint density at radius 3 is 1.50 bits per heavy atom. The molecule has 0 aromatic rings. The van der Waals surface area contributed by atoms with Gasteiger partial charge in [0, 0.05) is 19.4 Å². The predicted molar refractivity (Wildman–Crippen MR) is 234 cm³/mol. The molecule has 0 radical (unpaired) electrons. The Labute approximate surface area is 342 Å². The first-order chi connectivity index (χ1) is 27.3. The Kier molecular flexibility index (Phi) is 40.6. The normalized spacial score (nSPS) is 13.9. The molecular formula is C46H82NO8P. The summed E-state index contributed by atoms with van der Waals surface area (Å²) in [7, 11) is -2.67. The smallest absolute Gasteiger partial charge is 0.462 e. The molecule has 0 aromatic carbocycles. The number of ether oxygens (including phenoxy) is 2. The fourth-order valence-corrected chi connectivity index (χ4v) is 6.46. The third-order valence-corrected chi connectivity index (χ3v) is 10.1. The SMILES string of the molecule is CCCCC/C=C\C/C=C\C/C=C\C/C=C\CCCCCC(=O)OC(COC(=O)CCCCCCC/C=C\CCCCCCCC)COP(=O)(O)OCCNC. The van der Waals surface area contributed by atoms with Gasteiger partial charge in [-0.05, 0) is 90.5 Å². The third-order valence-electron chi connectivity index (χ3n) is 9.11. The predicted octanol–water partition coefficient (Wildman–Crippen LogP) is 12.8. The number of hydrogen-bond acceptors (Lipinski definition) is 8. The van der Waals surface area contributed by atoms with Crippen molar-refractivity contribution >= 4 is 19.8 Å². The summed E-state index contributed by atoms with van der Waals surface area (Å²) in [6, 6.07) is 0. The molecule has 0 heterocycles. The average Bonchev–Trinajstić information content (AvgIpc) is 3.18. The summed E-state index contributed by atoms with van der Waals surface area (Å²) in [4.78, 5) is 35.1. The Bertz CT molecular complexity index is 1100. The van der Waals surface area contributed by atoms with E-state index in [1.807, 2.05) is 0 Å². The molecule has 2 atom stereocenters. The first kappa shape index (κ1) is 53.7. The number of rotatable bonds is 41. The van der Waals surface area contributed by atoms with Gasteiger partial charge in [0.05, 0.1) is 13.2 Å². The van der Waals surface area contributed by atoms with Crippen molar-refractivity contribution in [3.63, 3.8) is 0 Å². The lowest BCUT2D eigenvalue weighted by Gasteiger charge is -2.20. The number of allylic oxidation sites excluding steroid dienone is 10. The number of unbranched alkanes of at least 4 members (excludes halogenated alkanes) is 17. The average molecular weight is 808 g/mol.